The Kier molecular flexibility index (Phi) is 6.62. The number of oxazole rings is 1. The number of carbonyl (C=O) groups excluding carboxylic acids is 3. The second kappa shape index (κ2) is 8.92. The van der Waals surface area contributed by atoms with Crippen molar-refractivity contribution >= 4 is 40.6 Å². The second-order valence-corrected chi connectivity index (χ2v) is 5.56. The van der Waals surface area contributed by atoms with Crippen molar-refractivity contribution in [1.29, 1.82) is 0 Å². The summed E-state index contributed by atoms with van der Waals surface area (Å²) in [5.41, 5.74) is 5.85. The van der Waals surface area contributed by atoms with Crippen molar-refractivity contribution in [2.45, 2.75) is 25.0 Å². The first-order chi connectivity index (χ1) is 11.6. The molecule has 0 aliphatic heterocycles. The van der Waals surface area contributed by atoms with E-state index < -0.39 is 17.8 Å². The van der Waals surface area contributed by atoms with Crippen LogP contribution < -0.4 is 10.9 Å². The molecule has 0 spiro atoms. The van der Waals surface area contributed by atoms with Crippen LogP contribution in [0.15, 0.2) is 33.9 Å². The molecule has 0 radical (unpaired) electrons. The van der Waals surface area contributed by atoms with Gasteiger partial charge in [-0.25, -0.2) is 4.98 Å². The number of carbonyl (C=O) groups is 3. The van der Waals surface area contributed by atoms with Crippen molar-refractivity contribution in [2.75, 3.05) is 12.4 Å². The molecule has 24 heavy (non-hydrogen) atoms. The zero-order chi connectivity index (χ0) is 17.4. The molecule has 0 aliphatic carbocycles. The molecule has 8 nitrogen and oxygen atoms in total. The van der Waals surface area contributed by atoms with E-state index in [-0.39, 0.29) is 25.2 Å². The number of ether oxygens (including phenoxy) is 1. The number of hydrogen-bond donors (Lipinski definition) is 2. The fourth-order valence-electron chi connectivity index (χ4n) is 1.73. The summed E-state index contributed by atoms with van der Waals surface area (Å²) in [6.45, 7) is 1.96. The van der Waals surface area contributed by atoms with Crippen molar-refractivity contribution in [3.8, 4) is 0 Å². The van der Waals surface area contributed by atoms with Gasteiger partial charge in [-0.05, 0) is 19.1 Å². The molecular weight excluding hydrogens is 334 g/mol. The van der Waals surface area contributed by atoms with E-state index in [1.807, 2.05) is 18.2 Å². The van der Waals surface area contributed by atoms with E-state index in [1.54, 1.807) is 13.0 Å². The number of fused-ring (bicyclic) bond motifs is 1. The van der Waals surface area contributed by atoms with Crippen LogP contribution in [0.3, 0.4) is 0 Å². The van der Waals surface area contributed by atoms with E-state index in [9.17, 15) is 14.4 Å². The Labute approximate surface area is 142 Å². The molecule has 128 valence electrons. The maximum Gasteiger partial charge on any atom is 0.306 e. The predicted molar refractivity (Wildman–Crippen MR) is 86.9 cm³/mol. The number of amides is 2. The van der Waals surface area contributed by atoms with Gasteiger partial charge in [-0.3, -0.25) is 25.2 Å². The van der Waals surface area contributed by atoms with E-state index in [2.05, 4.69) is 15.8 Å². The quantitative estimate of drug-likeness (QED) is 0.441. The number of hydrazine groups is 1. The van der Waals surface area contributed by atoms with Gasteiger partial charge in [0.1, 0.15) is 5.52 Å². The van der Waals surface area contributed by atoms with E-state index in [4.69, 9.17) is 9.15 Å². The Hall–Kier alpha value is -2.55. The third-order valence-electron chi connectivity index (χ3n) is 2.80. The molecule has 0 aliphatic rings. The molecule has 0 atom stereocenters. The van der Waals surface area contributed by atoms with E-state index in [0.29, 0.717) is 16.3 Å². The van der Waals surface area contributed by atoms with Gasteiger partial charge in [-0.15, -0.1) is 0 Å². The predicted octanol–water partition coefficient (Wildman–Crippen LogP) is 1.41. The van der Waals surface area contributed by atoms with Gasteiger partial charge in [0.15, 0.2) is 5.58 Å². The van der Waals surface area contributed by atoms with E-state index >= 15 is 0 Å². The molecule has 0 unspecified atom stereocenters. The highest BCUT2D eigenvalue weighted by Gasteiger charge is 2.11. The first-order valence-electron chi connectivity index (χ1n) is 7.30. The number of nitrogens with one attached hydrogen (secondary N) is 2. The smallest absolute Gasteiger partial charge is 0.306 e. The molecule has 1 aromatic carbocycles. The van der Waals surface area contributed by atoms with Crippen LogP contribution in [-0.4, -0.2) is 35.1 Å². The van der Waals surface area contributed by atoms with Crippen LogP contribution in [0, 0.1) is 0 Å². The lowest BCUT2D eigenvalue weighted by atomic mass is 10.3. The van der Waals surface area contributed by atoms with Gasteiger partial charge in [0.2, 0.25) is 11.8 Å². The molecule has 2 N–H and O–H groups in total. The Morgan fingerprint density at radius 1 is 1.17 bits per heavy atom. The normalized spacial score (nSPS) is 10.4. The lowest BCUT2D eigenvalue weighted by Gasteiger charge is -2.06. The van der Waals surface area contributed by atoms with Crippen molar-refractivity contribution < 1.29 is 23.5 Å². The Balaban J connectivity index is 1.67. The lowest BCUT2D eigenvalue weighted by Crippen LogP contribution is -2.42. The Morgan fingerprint density at radius 2 is 1.92 bits per heavy atom. The minimum atomic E-state index is -0.469. The second-order valence-electron chi connectivity index (χ2n) is 4.64. The molecule has 2 amide bonds. The van der Waals surface area contributed by atoms with E-state index in [0.717, 1.165) is 11.8 Å². The van der Waals surface area contributed by atoms with Gasteiger partial charge < -0.3 is 9.15 Å². The molecule has 0 fully saturated rings. The van der Waals surface area contributed by atoms with Gasteiger partial charge in [-0.1, -0.05) is 23.9 Å². The van der Waals surface area contributed by atoms with Crippen molar-refractivity contribution in [1.82, 2.24) is 15.8 Å². The lowest BCUT2D eigenvalue weighted by molar-refractivity contribution is -0.144. The topological polar surface area (TPSA) is 111 Å². The summed E-state index contributed by atoms with van der Waals surface area (Å²) >= 11 is 1.12. The minimum Gasteiger partial charge on any atom is -0.466 e. The van der Waals surface area contributed by atoms with Crippen molar-refractivity contribution in [2.24, 2.45) is 0 Å². The molecule has 0 bridgehead atoms. The number of benzene rings is 1. The maximum absolute atomic E-state index is 11.7. The van der Waals surface area contributed by atoms with Crippen LogP contribution in [0.4, 0.5) is 0 Å². The highest BCUT2D eigenvalue weighted by molar-refractivity contribution is 7.99. The van der Waals surface area contributed by atoms with Gasteiger partial charge in [-0.2, -0.15) is 0 Å². The van der Waals surface area contributed by atoms with Gasteiger partial charge >= 0.3 is 5.97 Å². The number of rotatable bonds is 7. The zero-order valence-electron chi connectivity index (χ0n) is 13.0. The maximum atomic E-state index is 11.7. The number of para-hydroxylation sites is 2. The van der Waals surface area contributed by atoms with Crippen LogP contribution >= 0.6 is 11.8 Å². The standard InChI is InChI=1S/C15H17N3O5S/c1-2-22-14(21)8-7-12(19)17-18-13(20)9-24-15-16-10-5-3-4-6-11(10)23-15/h3-6H,2,7-9H2,1H3,(H,17,19)(H,18,20). The molecule has 1 aromatic heterocycles. The van der Waals surface area contributed by atoms with Crippen LogP contribution in [0.25, 0.3) is 11.1 Å². The fraction of sp³-hybridized carbons (Fsp3) is 0.333. The van der Waals surface area contributed by atoms with Crippen LogP contribution in [0.5, 0.6) is 0 Å². The molecular formula is C15H17N3O5S. The highest BCUT2D eigenvalue weighted by Crippen LogP contribution is 2.22. The fourth-order valence-corrected chi connectivity index (χ4v) is 2.37. The average Bonchev–Trinajstić information content (AvgIpc) is 2.99. The molecule has 0 saturated carbocycles. The number of thioether (sulfide) groups is 1. The Morgan fingerprint density at radius 3 is 2.67 bits per heavy atom. The summed E-state index contributed by atoms with van der Waals surface area (Å²) in [5.74, 6) is -1.30. The molecule has 2 rings (SSSR count). The highest BCUT2D eigenvalue weighted by atomic mass is 32.2. The summed E-state index contributed by atoms with van der Waals surface area (Å²) in [5, 5.41) is 0.375. The monoisotopic (exact) mass is 351 g/mol. The third kappa shape index (κ3) is 5.58. The zero-order valence-corrected chi connectivity index (χ0v) is 13.9. The minimum absolute atomic E-state index is 0.0327. The summed E-state index contributed by atoms with van der Waals surface area (Å²) in [6, 6.07) is 7.28. The first kappa shape index (κ1) is 17.8. The van der Waals surface area contributed by atoms with Crippen LogP contribution in [0.1, 0.15) is 19.8 Å². The van der Waals surface area contributed by atoms with Crippen molar-refractivity contribution in [3.63, 3.8) is 0 Å². The van der Waals surface area contributed by atoms with E-state index in [1.165, 1.54) is 0 Å². The molecule has 0 saturated heterocycles. The molecule has 1 heterocycles. The SMILES string of the molecule is CCOC(=O)CCC(=O)NNC(=O)CSc1nc2ccccc2o1. The number of aromatic nitrogens is 1. The summed E-state index contributed by atoms with van der Waals surface area (Å²) < 4.78 is 10.2. The van der Waals surface area contributed by atoms with Crippen molar-refractivity contribution in [3.05, 3.63) is 24.3 Å². The summed E-state index contributed by atoms with van der Waals surface area (Å²) in [4.78, 5) is 38.5. The van der Waals surface area contributed by atoms with Gasteiger partial charge in [0.05, 0.1) is 18.8 Å². The number of hydrogen-bond acceptors (Lipinski definition) is 7. The number of nitrogens with zero attached hydrogens (tertiary/aromatic N) is 1. The van der Waals surface area contributed by atoms with Crippen LogP contribution in [0.2, 0.25) is 0 Å². The third-order valence-corrected chi connectivity index (χ3v) is 3.63. The Bertz CT molecular complexity index is 698. The summed E-state index contributed by atoms with van der Waals surface area (Å²) in [7, 11) is 0. The van der Waals surface area contributed by atoms with Gasteiger partial charge in [0.25, 0.3) is 5.22 Å². The van der Waals surface area contributed by atoms with Gasteiger partial charge in [0, 0.05) is 6.42 Å². The number of esters is 1. The molecule has 2 aromatic rings. The largest absolute Gasteiger partial charge is 0.466 e. The first-order valence-corrected chi connectivity index (χ1v) is 8.28. The average molecular weight is 351 g/mol. The van der Waals surface area contributed by atoms with Crippen LogP contribution in [-0.2, 0) is 19.1 Å². The summed E-state index contributed by atoms with van der Waals surface area (Å²) in [6.07, 6.45) is -0.0927. The molecule has 9 heteroatoms.